The number of thiophene rings is 2. The van der Waals surface area contributed by atoms with Crippen LogP contribution in [0.5, 0.6) is 0 Å². The average molecular weight is 1350 g/mol. The molecule has 20 rings (SSSR count). The Balaban J connectivity index is 0.000000141. The fourth-order valence-corrected chi connectivity index (χ4v) is 19.4. The summed E-state index contributed by atoms with van der Waals surface area (Å²) in [6.07, 6.45) is 0. The van der Waals surface area contributed by atoms with E-state index in [1.807, 2.05) is 71.2 Å². The van der Waals surface area contributed by atoms with Gasteiger partial charge in [-0.2, -0.15) is 0 Å². The number of hydrogen-bond acceptors (Lipinski definition) is 6. The molecule has 4 aromatic heterocycles. The lowest BCUT2D eigenvalue weighted by Crippen LogP contribution is -2.43. The van der Waals surface area contributed by atoms with Crippen molar-refractivity contribution in [3.05, 3.63) is 313 Å². The molecule has 0 atom stereocenters. The van der Waals surface area contributed by atoms with Crippen molar-refractivity contribution in [2.75, 3.05) is 0 Å². The lowest BCUT2D eigenvalue weighted by molar-refractivity contribution is 0.301. The second kappa shape index (κ2) is 23.1. The first-order chi connectivity index (χ1) is 49.6. The number of rotatable bonds is 6. The van der Waals surface area contributed by atoms with Gasteiger partial charge >= 0.3 is 0 Å². The highest BCUT2D eigenvalue weighted by Crippen LogP contribution is 2.61. The molecule has 488 valence electrons. The predicted octanol–water partition coefficient (Wildman–Crippen LogP) is 26.8. The zero-order chi connectivity index (χ0) is 69.0. The minimum Gasteiger partial charge on any atom is -0.228 e. The summed E-state index contributed by atoms with van der Waals surface area (Å²) in [4.78, 5) is 20.5. The molecule has 0 fully saturated rings. The Hall–Kier alpha value is -11.3. The molecule has 0 unspecified atom stereocenters. The van der Waals surface area contributed by atoms with E-state index in [4.69, 9.17) is 19.9 Å². The molecule has 0 saturated heterocycles. The van der Waals surface area contributed by atoms with Gasteiger partial charge in [0, 0.05) is 84.2 Å². The molecule has 4 nitrogen and oxygen atoms in total. The van der Waals surface area contributed by atoms with E-state index in [-0.39, 0.29) is 21.7 Å². The molecular weight excluding hydrogens is 1270 g/mol. The quantitative estimate of drug-likeness (QED) is 0.166. The van der Waals surface area contributed by atoms with Crippen molar-refractivity contribution >= 4 is 106 Å². The number of nitrogens with zero attached hydrogens (tertiary/aromatic N) is 4. The third-order valence-electron chi connectivity index (χ3n) is 23.6. The molecule has 0 saturated carbocycles. The third kappa shape index (κ3) is 9.45. The smallest absolute Gasteiger partial charge is 0.160 e. The van der Waals surface area contributed by atoms with Gasteiger partial charge in [-0.05, 0) is 160 Å². The van der Waals surface area contributed by atoms with Crippen LogP contribution in [0.25, 0.3) is 173 Å². The van der Waals surface area contributed by atoms with Gasteiger partial charge in [-0.25, -0.2) is 19.9 Å². The highest BCUT2D eigenvalue weighted by molar-refractivity contribution is 7.26. The number of fused-ring (bicyclic) bond motifs is 20. The Morgan fingerprint density at radius 1 is 0.255 bits per heavy atom. The SMILES string of the molecule is CC1(C)c2cc3sc4ccc(-c5ccc6c(-c7ccccc7)nc(-c7ccccc7)nc6c5)cc4c3cc2-c2ccc3ccccc3c2C1(C)C.CC1(C)c2ccccc2-c2c(c3sc4ccc(-c5ccc6c(-c7ccccc7)nc(-c7ccccc7)nc6c5)cc4c3c3ccccc23)C1(C)C. The summed E-state index contributed by atoms with van der Waals surface area (Å²) in [5.74, 6) is 1.48. The number of aromatic nitrogens is 4. The molecule has 0 aliphatic heterocycles. The van der Waals surface area contributed by atoms with Crippen molar-refractivity contribution in [3.63, 3.8) is 0 Å². The summed E-state index contributed by atoms with van der Waals surface area (Å²) in [7, 11) is 0. The van der Waals surface area contributed by atoms with Crippen molar-refractivity contribution in [2.45, 2.75) is 77.0 Å². The zero-order valence-corrected chi connectivity index (χ0v) is 60.0. The maximum absolute atomic E-state index is 5.15. The highest BCUT2D eigenvalue weighted by Gasteiger charge is 2.49. The topological polar surface area (TPSA) is 51.6 Å². The molecule has 0 spiro atoms. The van der Waals surface area contributed by atoms with Gasteiger partial charge < -0.3 is 0 Å². The van der Waals surface area contributed by atoms with Crippen LogP contribution < -0.4 is 0 Å². The minimum absolute atomic E-state index is 0.0442. The van der Waals surface area contributed by atoms with Crippen molar-refractivity contribution in [3.8, 4) is 89.8 Å². The van der Waals surface area contributed by atoms with Crippen LogP contribution >= 0.6 is 22.7 Å². The summed E-state index contributed by atoms with van der Waals surface area (Å²) in [6.45, 7) is 19.5. The van der Waals surface area contributed by atoms with Gasteiger partial charge in [0.15, 0.2) is 11.6 Å². The second-order valence-corrected chi connectivity index (χ2v) is 32.1. The normalized spacial score (nSPS) is 14.6. The van der Waals surface area contributed by atoms with E-state index in [9.17, 15) is 0 Å². The molecule has 0 radical (unpaired) electrons. The van der Waals surface area contributed by atoms with Crippen LogP contribution in [0.15, 0.2) is 291 Å². The summed E-state index contributed by atoms with van der Waals surface area (Å²) >= 11 is 3.86. The van der Waals surface area contributed by atoms with Crippen LogP contribution in [0.4, 0.5) is 0 Å². The first-order valence-corrected chi connectivity index (χ1v) is 37.1. The molecule has 2 aliphatic carbocycles. The van der Waals surface area contributed by atoms with Crippen molar-refractivity contribution in [1.29, 1.82) is 0 Å². The Bertz CT molecular complexity index is 6480. The Kier molecular flexibility index (Phi) is 14.0. The molecule has 0 amide bonds. The first kappa shape index (κ1) is 61.8. The largest absolute Gasteiger partial charge is 0.228 e. The molecule has 2 aliphatic rings. The molecule has 4 heterocycles. The van der Waals surface area contributed by atoms with E-state index in [2.05, 4.69) is 298 Å². The lowest BCUT2D eigenvalue weighted by atomic mass is 9.54. The van der Waals surface area contributed by atoms with Gasteiger partial charge in [-0.3, -0.25) is 0 Å². The van der Waals surface area contributed by atoms with Crippen LogP contribution in [-0.4, -0.2) is 19.9 Å². The standard InChI is InChI=1S/2C48H36N2S/c1-47(2)38-22-14-13-21-35(38)41-33-19-11-12-20-34(33)42-37-27-31(24-26-40(37)51-45(42)43(41)48(47,3)4)32-23-25-36-39(28-32)49-46(30-17-9-6-10-18-30)50-44(36)29-15-7-5-8-16-29;1-47(2)40-28-43-39(27-37(40)35-22-19-29-13-11-12-18-34(29)44(35)48(47,3)4)38-25-32(21-24-42(38)51-43)33-20-23-36-41(26-33)49-46(31-16-9-6-10-17-31)50-45(36)30-14-7-5-8-15-30/h2*5-28H,1-4H3. The van der Waals surface area contributed by atoms with Crippen LogP contribution in [0.3, 0.4) is 0 Å². The Morgan fingerprint density at radius 2 is 0.716 bits per heavy atom. The molecule has 0 bridgehead atoms. The van der Waals surface area contributed by atoms with E-state index < -0.39 is 0 Å². The Labute approximate surface area is 602 Å². The van der Waals surface area contributed by atoms with Crippen LogP contribution in [0, 0.1) is 0 Å². The van der Waals surface area contributed by atoms with Crippen molar-refractivity contribution < 1.29 is 0 Å². The van der Waals surface area contributed by atoms with Crippen LogP contribution in [0.2, 0.25) is 0 Å². The van der Waals surface area contributed by atoms with E-state index in [0.29, 0.717) is 0 Å². The van der Waals surface area contributed by atoms with E-state index in [0.717, 1.165) is 78.2 Å². The molecule has 14 aromatic carbocycles. The minimum atomic E-state index is -0.0896. The average Bonchev–Trinajstić information content (AvgIpc) is 1.24. The second-order valence-electron chi connectivity index (χ2n) is 30.0. The summed E-state index contributed by atoms with van der Waals surface area (Å²) in [5.41, 5.74) is 23.7. The van der Waals surface area contributed by atoms with E-state index in [1.54, 1.807) is 0 Å². The molecular formula is C96H72N4S2. The van der Waals surface area contributed by atoms with Crippen molar-refractivity contribution in [1.82, 2.24) is 19.9 Å². The molecule has 6 heteroatoms. The zero-order valence-electron chi connectivity index (χ0n) is 58.3. The van der Waals surface area contributed by atoms with Gasteiger partial charge in [0.1, 0.15) is 0 Å². The summed E-state index contributed by atoms with van der Waals surface area (Å²) in [5, 5.41) is 12.8. The number of hydrogen-bond donors (Lipinski definition) is 0. The van der Waals surface area contributed by atoms with Crippen molar-refractivity contribution in [2.24, 2.45) is 0 Å². The Morgan fingerprint density at radius 3 is 1.31 bits per heavy atom. The third-order valence-corrected chi connectivity index (χ3v) is 25.9. The summed E-state index contributed by atoms with van der Waals surface area (Å²) < 4.78 is 5.39. The fraction of sp³-hybridized carbons (Fsp3) is 0.125. The van der Waals surface area contributed by atoms with Gasteiger partial charge in [0.05, 0.1) is 22.4 Å². The molecule has 18 aromatic rings. The van der Waals surface area contributed by atoms with Gasteiger partial charge in [-0.15, -0.1) is 22.7 Å². The van der Waals surface area contributed by atoms with E-state index in [1.165, 1.54) is 118 Å². The maximum Gasteiger partial charge on any atom is 0.160 e. The van der Waals surface area contributed by atoms with Crippen LogP contribution in [-0.2, 0) is 21.7 Å². The fourth-order valence-electron chi connectivity index (χ4n) is 16.9. The molecule has 102 heavy (non-hydrogen) atoms. The predicted molar refractivity (Wildman–Crippen MR) is 435 cm³/mol. The lowest BCUT2D eigenvalue weighted by Gasteiger charge is -2.49. The summed E-state index contributed by atoms with van der Waals surface area (Å²) in [6, 6.07) is 105. The van der Waals surface area contributed by atoms with Gasteiger partial charge in [0.2, 0.25) is 0 Å². The molecule has 0 N–H and O–H groups in total. The number of benzene rings is 14. The maximum atomic E-state index is 5.15. The van der Waals surface area contributed by atoms with E-state index >= 15 is 0 Å². The highest BCUT2D eigenvalue weighted by atomic mass is 32.1. The first-order valence-electron chi connectivity index (χ1n) is 35.5. The van der Waals surface area contributed by atoms with Gasteiger partial charge in [0.25, 0.3) is 0 Å². The van der Waals surface area contributed by atoms with Crippen LogP contribution in [0.1, 0.15) is 77.6 Å². The monoisotopic (exact) mass is 1340 g/mol. The van der Waals surface area contributed by atoms with Gasteiger partial charge in [-0.1, -0.05) is 286 Å².